The van der Waals surface area contributed by atoms with Crippen LogP contribution in [-0.4, -0.2) is 56.8 Å². The van der Waals surface area contributed by atoms with E-state index >= 15 is 0 Å². The van der Waals surface area contributed by atoms with Gasteiger partial charge in [0.25, 0.3) is 5.91 Å². The summed E-state index contributed by atoms with van der Waals surface area (Å²) in [5.41, 5.74) is 1.73. The van der Waals surface area contributed by atoms with Gasteiger partial charge in [0.15, 0.2) is 0 Å². The van der Waals surface area contributed by atoms with Crippen LogP contribution in [0, 0.1) is 0 Å². The van der Waals surface area contributed by atoms with E-state index in [1.165, 1.54) is 31.8 Å². The van der Waals surface area contributed by atoms with Crippen molar-refractivity contribution in [2.24, 2.45) is 0 Å². The van der Waals surface area contributed by atoms with Gasteiger partial charge in [0.2, 0.25) is 10.0 Å². The number of nitrogens with zero attached hydrogens (tertiary/aromatic N) is 2. The van der Waals surface area contributed by atoms with Gasteiger partial charge in [0.05, 0.1) is 4.90 Å². The fourth-order valence-electron chi connectivity index (χ4n) is 3.19. The molecule has 144 valence electrons. The summed E-state index contributed by atoms with van der Waals surface area (Å²) in [6, 6.07) is 16.4. The summed E-state index contributed by atoms with van der Waals surface area (Å²) in [6.45, 7) is 2.64. The first-order chi connectivity index (χ1) is 12.9. The number of nitrogens with one attached hydrogen (secondary N) is 1. The van der Waals surface area contributed by atoms with Gasteiger partial charge in [-0.05, 0) is 36.2 Å². The number of hydrogen-bond donors (Lipinski definition) is 1. The Bertz CT molecular complexity index is 880. The van der Waals surface area contributed by atoms with Crippen LogP contribution in [-0.2, 0) is 16.6 Å². The molecule has 0 saturated carbocycles. The van der Waals surface area contributed by atoms with Crippen molar-refractivity contribution in [3.8, 4) is 0 Å². The SMILES string of the molecule is CN(C)S(=O)(=O)c1ccc(C(=O)N[C@H]2CCN(Cc3ccccc3)C2)cc1. The van der Waals surface area contributed by atoms with E-state index in [2.05, 4.69) is 22.3 Å². The molecule has 1 heterocycles. The number of carbonyl (C=O) groups excluding carboxylic acids is 1. The predicted molar refractivity (Wildman–Crippen MR) is 105 cm³/mol. The summed E-state index contributed by atoms with van der Waals surface area (Å²) in [5.74, 6) is -0.171. The van der Waals surface area contributed by atoms with Crippen LogP contribution in [0.2, 0.25) is 0 Å². The lowest BCUT2D eigenvalue weighted by atomic mass is 10.2. The minimum atomic E-state index is -3.48. The van der Waals surface area contributed by atoms with Crippen LogP contribution in [0.3, 0.4) is 0 Å². The highest BCUT2D eigenvalue weighted by molar-refractivity contribution is 7.89. The summed E-state index contributed by atoms with van der Waals surface area (Å²) in [4.78, 5) is 15.0. The second-order valence-corrected chi connectivity index (χ2v) is 9.14. The van der Waals surface area contributed by atoms with Crippen LogP contribution in [0.4, 0.5) is 0 Å². The Balaban J connectivity index is 1.56. The van der Waals surface area contributed by atoms with E-state index in [1.54, 1.807) is 12.1 Å². The van der Waals surface area contributed by atoms with Crippen molar-refractivity contribution in [1.29, 1.82) is 0 Å². The molecule has 1 fully saturated rings. The third-order valence-corrected chi connectivity index (χ3v) is 6.58. The zero-order valence-electron chi connectivity index (χ0n) is 15.6. The lowest BCUT2D eigenvalue weighted by molar-refractivity contribution is 0.0937. The molecule has 0 aromatic heterocycles. The van der Waals surface area contributed by atoms with Crippen molar-refractivity contribution >= 4 is 15.9 Å². The summed E-state index contributed by atoms with van der Waals surface area (Å²) >= 11 is 0. The van der Waals surface area contributed by atoms with Crippen LogP contribution in [0.15, 0.2) is 59.5 Å². The third-order valence-electron chi connectivity index (χ3n) is 4.75. The monoisotopic (exact) mass is 387 g/mol. The molecular weight excluding hydrogens is 362 g/mol. The van der Waals surface area contributed by atoms with Gasteiger partial charge >= 0.3 is 0 Å². The third kappa shape index (κ3) is 4.74. The zero-order valence-corrected chi connectivity index (χ0v) is 16.4. The Morgan fingerprint density at radius 1 is 1.11 bits per heavy atom. The lowest BCUT2D eigenvalue weighted by Crippen LogP contribution is -2.37. The molecule has 1 N–H and O–H groups in total. The fraction of sp³-hybridized carbons (Fsp3) is 0.350. The molecule has 1 amide bonds. The second kappa shape index (κ2) is 8.21. The van der Waals surface area contributed by atoms with E-state index in [0.717, 1.165) is 30.4 Å². The summed E-state index contributed by atoms with van der Waals surface area (Å²) in [6.07, 6.45) is 0.908. The average molecular weight is 388 g/mol. The van der Waals surface area contributed by atoms with E-state index in [-0.39, 0.29) is 16.8 Å². The molecule has 1 aliphatic heterocycles. The molecule has 3 rings (SSSR count). The van der Waals surface area contributed by atoms with Gasteiger partial charge in [-0.25, -0.2) is 12.7 Å². The summed E-state index contributed by atoms with van der Waals surface area (Å²) in [7, 11) is -0.517. The van der Waals surface area contributed by atoms with Gasteiger partial charge in [-0.15, -0.1) is 0 Å². The first-order valence-corrected chi connectivity index (χ1v) is 10.4. The molecule has 0 spiro atoms. The van der Waals surface area contributed by atoms with Crippen LogP contribution < -0.4 is 5.32 Å². The van der Waals surface area contributed by atoms with Crippen LogP contribution >= 0.6 is 0 Å². The van der Waals surface area contributed by atoms with E-state index in [4.69, 9.17) is 0 Å². The molecule has 7 heteroatoms. The molecule has 0 aliphatic carbocycles. The van der Waals surface area contributed by atoms with Gasteiger partial charge in [-0.2, -0.15) is 0 Å². The molecule has 1 aliphatic rings. The maximum Gasteiger partial charge on any atom is 0.251 e. The topological polar surface area (TPSA) is 69.7 Å². The first kappa shape index (κ1) is 19.5. The molecule has 27 heavy (non-hydrogen) atoms. The number of likely N-dealkylation sites (tertiary alicyclic amines) is 1. The summed E-state index contributed by atoms with van der Waals surface area (Å²) < 4.78 is 25.4. The molecule has 2 aromatic rings. The molecule has 1 atom stereocenters. The maximum absolute atomic E-state index is 12.5. The molecule has 0 bridgehead atoms. The minimum Gasteiger partial charge on any atom is -0.348 e. The van der Waals surface area contributed by atoms with Crippen molar-refractivity contribution in [2.75, 3.05) is 27.2 Å². The standard InChI is InChI=1S/C20H25N3O3S/c1-22(2)27(25,26)19-10-8-17(9-11-19)20(24)21-18-12-13-23(15-18)14-16-6-4-3-5-7-16/h3-11,18H,12-15H2,1-2H3,(H,21,24)/t18-/m0/s1. The van der Waals surface area contributed by atoms with E-state index in [9.17, 15) is 13.2 Å². The lowest BCUT2D eigenvalue weighted by Gasteiger charge is -2.17. The number of hydrogen-bond acceptors (Lipinski definition) is 4. The summed E-state index contributed by atoms with van der Waals surface area (Å²) in [5, 5.41) is 3.05. The van der Waals surface area contributed by atoms with Gasteiger partial charge < -0.3 is 5.32 Å². The Hall–Kier alpha value is -2.22. The van der Waals surface area contributed by atoms with Gasteiger partial charge in [0, 0.05) is 45.3 Å². The van der Waals surface area contributed by atoms with Crippen molar-refractivity contribution in [3.63, 3.8) is 0 Å². The van der Waals surface area contributed by atoms with Crippen LogP contribution in [0.1, 0.15) is 22.3 Å². The fourth-order valence-corrected chi connectivity index (χ4v) is 4.10. The van der Waals surface area contributed by atoms with Crippen LogP contribution in [0.25, 0.3) is 0 Å². The minimum absolute atomic E-state index is 0.103. The highest BCUT2D eigenvalue weighted by atomic mass is 32.2. The Morgan fingerprint density at radius 3 is 2.41 bits per heavy atom. The quantitative estimate of drug-likeness (QED) is 0.822. The molecule has 0 radical (unpaired) electrons. The number of sulfonamides is 1. The van der Waals surface area contributed by atoms with Gasteiger partial charge in [-0.3, -0.25) is 9.69 Å². The van der Waals surface area contributed by atoms with Crippen molar-refractivity contribution in [3.05, 3.63) is 65.7 Å². The van der Waals surface area contributed by atoms with Gasteiger partial charge in [0.1, 0.15) is 0 Å². The molecule has 2 aromatic carbocycles. The smallest absolute Gasteiger partial charge is 0.251 e. The van der Waals surface area contributed by atoms with E-state index in [0.29, 0.717) is 5.56 Å². The second-order valence-electron chi connectivity index (χ2n) is 6.99. The Kier molecular flexibility index (Phi) is 5.94. The number of amides is 1. The van der Waals surface area contributed by atoms with Crippen molar-refractivity contribution in [2.45, 2.75) is 23.9 Å². The van der Waals surface area contributed by atoms with E-state index in [1.807, 2.05) is 18.2 Å². The van der Waals surface area contributed by atoms with Crippen LogP contribution in [0.5, 0.6) is 0 Å². The zero-order chi connectivity index (χ0) is 19.4. The number of benzene rings is 2. The normalized spacial score (nSPS) is 18.0. The molecule has 0 unspecified atom stereocenters. The Labute approximate surface area is 160 Å². The van der Waals surface area contributed by atoms with Crippen molar-refractivity contribution < 1.29 is 13.2 Å². The maximum atomic E-state index is 12.5. The first-order valence-electron chi connectivity index (χ1n) is 8.96. The Morgan fingerprint density at radius 2 is 1.78 bits per heavy atom. The largest absolute Gasteiger partial charge is 0.348 e. The molecule has 6 nitrogen and oxygen atoms in total. The molecule has 1 saturated heterocycles. The number of carbonyl (C=O) groups is 1. The number of rotatable bonds is 6. The highest BCUT2D eigenvalue weighted by Crippen LogP contribution is 2.16. The molecular formula is C20H25N3O3S. The van der Waals surface area contributed by atoms with Crippen molar-refractivity contribution in [1.82, 2.24) is 14.5 Å². The van der Waals surface area contributed by atoms with E-state index < -0.39 is 10.0 Å². The highest BCUT2D eigenvalue weighted by Gasteiger charge is 2.24. The predicted octanol–water partition coefficient (Wildman–Crippen LogP) is 1.94. The van der Waals surface area contributed by atoms with Gasteiger partial charge in [-0.1, -0.05) is 30.3 Å². The average Bonchev–Trinajstić information content (AvgIpc) is 3.09.